The largest absolute Gasteiger partial charge is 0.436 e. The number of benzene rings is 1. The highest BCUT2D eigenvalue weighted by atomic mass is 35.5. The van der Waals surface area contributed by atoms with E-state index in [-0.39, 0.29) is 5.28 Å². The third-order valence-corrected chi connectivity index (χ3v) is 2.32. The summed E-state index contributed by atoms with van der Waals surface area (Å²) in [5, 5.41) is -0.348. The van der Waals surface area contributed by atoms with Gasteiger partial charge in [-0.3, -0.25) is 0 Å². The van der Waals surface area contributed by atoms with E-state index >= 15 is 0 Å². The summed E-state index contributed by atoms with van der Waals surface area (Å²) < 4.78 is 68.6. The summed E-state index contributed by atoms with van der Waals surface area (Å²) in [5.74, 6) is -3.59. The summed E-state index contributed by atoms with van der Waals surface area (Å²) >= 11 is 5.40. The lowest BCUT2D eigenvalue weighted by Gasteiger charge is -2.10. The molecule has 0 fully saturated rings. The molecule has 0 saturated carbocycles. The summed E-state index contributed by atoms with van der Waals surface area (Å²) in [4.78, 5) is 6.68. The molecule has 3 nitrogen and oxygen atoms in total. The van der Waals surface area contributed by atoms with Gasteiger partial charge in [-0.25, -0.2) is 9.37 Å². The minimum Gasteiger partial charge on any atom is -0.436 e. The molecule has 2 aromatic rings. The summed E-state index contributed by atoms with van der Waals surface area (Å²) in [6, 6.07) is 1.85. The summed E-state index contributed by atoms with van der Waals surface area (Å²) in [7, 11) is 0. The average Bonchev–Trinajstić information content (AvgIpc) is 2.35. The van der Waals surface area contributed by atoms with Gasteiger partial charge in [-0.05, 0) is 29.8 Å². The number of aromatic nitrogens is 2. The van der Waals surface area contributed by atoms with Crippen LogP contribution in [0.25, 0.3) is 0 Å². The van der Waals surface area contributed by atoms with Gasteiger partial charge in [-0.1, -0.05) is 0 Å². The van der Waals surface area contributed by atoms with Crippen LogP contribution < -0.4 is 4.74 Å². The van der Waals surface area contributed by atoms with Crippen LogP contribution in [0.2, 0.25) is 5.28 Å². The molecule has 0 saturated heterocycles. The fourth-order valence-corrected chi connectivity index (χ4v) is 1.43. The minimum absolute atomic E-state index is 0.348. The van der Waals surface area contributed by atoms with Crippen LogP contribution in [-0.4, -0.2) is 9.97 Å². The lowest BCUT2D eigenvalue weighted by molar-refractivity contribution is -0.140. The molecule has 1 aromatic heterocycles. The number of nitrogens with zero attached hydrogens (tertiary/aromatic N) is 2. The highest BCUT2D eigenvalue weighted by Gasteiger charge is 2.34. The summed E-state index contributed by atoms with van der Waals surface area (Å²) in [5.41, 5.74) is -1.53. The van der Waals surface area contributed by atoms with Gasteiger partial charge in [-0.2, -0.15) is 22.5 Å². The number of hydrogen-bond donors (Lipinski definition) is 0. The monoisotopic (exact) mass is 310 g/mol. The second-order valence-electron chi connectivity index (χ2n) is 3.53. The van der Waals surface area contributed by atoms with Gasteiger partial charge in [-0.15, -0.1) is 0 Å². The predicted octanol–water partition coefficient (Wildman–Crippen LogP) is 4.22. The zero-order valence-corrected chi connectivity index (χ0v) is 10.1. The number of rotatable bonds is 2. The van der Waals surface area contributed by atoms with E-state index < -0.39 is 35.0 Å². The van der Waals surface area contributed by atoms with Crippen molar-refractivity contribution in [2.75, 3.05) is 0 Å². The Bertz CT molecular complexity index is 647. The van der Waals surface area contributed by atoms with E-state index in [9.17, 15) is 22.0 Å². The Morgan fingerprint density at radius 1 is 1.10 bits per heavy atom. The molecule has 0 spiro atoms. The zero-order chi connectivity index (χ0) is 14.9. The van der Waals surface area contributed by atoms with Crippen molar-refractivity contribution < 1.29 is 26.7 Å². The van der Waals surface area contributed by atoms with Gasteiger partial charge in [0.1, 0.15) is 11.6 Å². The van der Waals surface area contributed by atoms with E-state index in [2.05, 4.69) is 9.97 Å². The molecule has 0 bridgehead atoms. The van der Waals surface area contributed by atoms with Crippen molar-refractivity contribution >= 4 is 11.6 Å². The first-order valence-corrected chi connectivity index (χ1v) is 5.38. The Kier molecular flexibility index (Phi) is 3.76. The molecule has 1 aromatic carbocycles. The predicted molar refractivity (Wildman–Crippen MR) is 58.5 cm³/mol. The molecule has 0 aliphatic carbocycles. The number of halogens is 6. The van der Waals surface area contributed by atoms with E-state index in [1.54, 1.807) is 0 Å². The van der Waals surface area contributed by atoms with Crippen molar-refractivity contribution in [3.05, 3.63) is 46.9 Å². The third-order valence-electron chi connectivity index (χ3n) is 2.14. The van der Waals surface area contributed by atoms with Gasteiger partial charge in [0.15, 0.2) is 0 Å². The van der Waals surface area contributed by atoms with Crippen molar-refractivity contribution in [2.24, 2.45) is 0 Å². The zero-order valence-electron chi connectivity index (χ0n) is 9.38. The molecule has 0 unspecified atom stereocenters. The van der Waals surface area contributed by atoms with Crippen LogP contribution in [-0.2, 0) is 6.18 Å². The van der Waals surface area contributed by atoms with Gasteiger partial charge in [0.2, 0.25) is 11.1 Å². The molecule has 106 valence electrons. The minimum atomic E-state index is -4.90. The molecule has 0 atom stereocenters. The second kappa shape index (κ2) is 5.20. The van der Waals surface area contributed by atoms with Gasteiger partial charge >= 0.3 is 6.18 Å². The molecule has 0 amide bonds. The molecule has 1 heterocycles. The average molecular weight is 311 g/mol. The lowest BCUT2D eigenvalue weighted by Crippen LogP contribution is -2.08. The second-order valence-corrected chi connectivity index (χ2v) is 3.87. The Balaban J connectivity index is 2.37. The first-order valence-electron chi connectivity index (χ1n) is 5.00. The van der Waals surface area contributed by atoms with Crippen LogP contribution >= 0.6 is 11.6 Å². The Morgan fingerprint density at radius 3 is 2.45 bits per heavy atom. The number of hydrogen-bond acceptors (Lipinski definition) is 3. The lowest BCUT2D eigenvalue weighted by atomic mass is 10.2. The van der Waals surface area contributed by atoms with Crippen LogP contribution in [0.1, 0.15) is 5.56 Å². The van der Waals surface area contributed by atoms with Crippen LogP contribution in [0.3, 0.4) is 0 Å². The first kappa shape index (κ1) is 14.4. The van der Waals surface area contributed by atoms with Crippen LogP contribution in [0.4, 0.5) is 22.0 Å². The van der Waals surface area contributed by atoms with E-state index in [1.165, 1.54) is 0 Å². The van der Waals surface area contributed by atoms with Gasteiger partial charge in [0.05, 0.1) is 11.8 Å². The summed E-state index contributed by atoms with van der Waals surface area (Å²) in [6.07, 6.45) is -4.20. The van der Waals surface area contributed by atoms with Gasteiger partial charge in [0, 0.05) is 0 Å². The van der Waals surface area contributed by atoms with Crippen LogP contribution in [0.15, 0.2) is 24.4 Å². The maximum Gasteiger partial charge on any atom is 0.419 e. The molecule has 9 heteroatoms. The van der Waals surface area contributed by atoms with Crippen LogP contribution in [0.5, 0.6) is 11.6 Å². The maximum absolute atomic E-state index is 13.3. The van der Waals surface area contributed by atoms with Crippen molar-refractivity contribution in [1.82, 2.24) is 9.97 Å². The fraction of sp³-hybridized carbons (Fsp3) is 0.0909. The first-order chi connectivity index (χ1) is 9.27. The highest BCUT2D eigenvalue weighted by molar-refractivity contribution is 6.28. The molecule has 0 N–H and O–H groups in total. The topological polar surface area (TPSA) is 35.0 Å². The van der Waals surface area contributed by atoms with Crippen LogP contribution in [0, 0.1) is 11.6 Å². The number of ether oxygens (including phenoxy) is 1. The standard InChI is InChI=1S/C11H4ClF5N2O/c12-10-18-4-8(14)9(19-10)20-5-1-2-7(13)6(3-5)11(15,16)17/h1-4H. The third kappa shape index (κ3) is 3.13. The molecule has 2 rings (SSSR count). The molecule has 0 aliphatic heterocycles. The Morgan fingerprint density at radius 2 is 1.80 bits per heavy atom. The maximum atomic E-state index is 13.3. The van der Waals surface area contributed by atoms with E-state index in [0.717, 1.165) is 6.07 Å². The van der Waals surface area contributed by atoms with E-state index in [0.29, 0.717) is 18.3 Å². The molecular formula is C11H4ClF5N2O. The molecule has 20 heavy (non-hydrogen) atoms. The molecule has 0 radical (unpaired) electrons. The molecular weight excluding hydrogens is 307 g/mol. The SMILES string of the molecule is Fc1ccc(Oc2nc(Cl)ncc2F)cc1C(F)(F)F. The fourth-order valence-electron chi connectivity index (χ4n) is 1.30. The quantitative estimate of drug-likeness (QED) is 0.615. The Hall–Kier alpha value is -1.96. The van der Waals surface area contributed by atoms with Crippen molar-refractivity contribution in [1.29, 1.82) is 0 Å². The summed E-state index contributed by atoms with van der Waals surface area (Å²) in [6.45, 7) is 0. The highest BCUT2D eigenvalue weighted by Crippen LogP contribution is 2.34. The van der Waals surface area contributed by atoms with Crippen molar-refractivity contribution in [3.63, 3.8) is 0 Å². The van der Waals surface area contributed by atoms with E-state index in [1.807, 2.05) is 0 Å². The van der Waals surface area contributed by atoms with Gasteiger partial charge < -0.3 is 4.74 Å². The van der Waals surface area contributed by atoms with E-state index in [4.69, 9.17) is 16.3 Å². The smallest absolute Gasteiger partial charge is 0.419 e. The van der Waals surface area contributed by atoms with Crippen molar-refractivity contribution in [2.45, 2.75) is 6.18 Å². The normalized spacial score (nSPS) is 11.5. The van der Waals surface area contributed by atoms with Gasteiger partial charge in [0.25, 0.3) is 5.88 Å². The van der Waals surface area contributed by atoms with Crippen molar-refractivity contribution in [3.8, 4) is 11.6 Å². The Labute approximate surface area is 114 Å². The molecule has 0 aliphatic rings. The number of alkyl halides is 3.